The lowest BCUT2D eigenvalue weighted by molar-refractivity contribution is -0.140. The molecular weight excluding hydrogens is 409 g/mol. The molecule has 0 aliphatic carbocycles. The van der Waals surface area contributed by atoms with Gasteiger partial charge in [0.25, 0.3) is 5.91 Å². The first-order chi connectivity index (χ1) is 14.1. The summed E-state index contributed by atoms with van der Waals surface area (Å²) in [4.78, 5) is 48.6. The molecule has 4 amide bonds. The largest absolute Gasteiger partial charge is 0.468 e. The van der Waals surface area contributed by atoms with Crippen molar-refractivity contribution in [1.82, 2.24) is 15.5 Å². The van der Waals surface area contributed by atoms with Crippen LogP contribution in [0.15, 0.2) is 24.3 Å². The Balaban J connectivity index is 1.92. The van der Waals surface area contributed by atoms with Gasteiger partial charge in [0.05, 0.1) is 7.11 Å². The third kappa shape index (κ3) is 6.64. The van der Waals surface area contributed by atoms with Crippen LogP contribution >= 0.6 is 0 Å². The number of carbonyl (C=O) groups excluding carboxylic acids is 4. The lowest BCUT2D eigenvalue weighted by Gasteiger charge is -2.24. The molecule has 0 aromatic heterocycles. The van der Waals surface area contributed by atoms with Gasteiger partial charge in [0.1, 0.15) is 19.1 Å². The van der Waals surface area contributed by atoms with E-state index in [9.17, 15) is 32.3 Å². The second-order valence-electron chi connectivity index (χ2n) is 6.45. The highest BCUT2D eigenvalue weighted by Gasteiger charge is 2.36. The van der Waals surface area contributed by atoms with Crippen LogP contribution in [0.25, 0.3) is 0 Å². The summed E-state index contributed by atoms with van der Waals surface area (Å²) in [6.07, 6.45) is -3.79. The number of halogens is 3. The Hall–Kier alpha value is -3.31. The Morgan fingerprint density at radius 3 is 2.40 bits per heavy atom. The first-order valence-corrected chi connectivity index (χ1v) is 8.98. The van der Waals surface area contributed by atoms with Crippen molar-refractivity contribution in [3.05, 3.63) is 29.8 Å². The van der Waals surface area contributed by atoms with Gasteiger partial charge < -0.3 is 25.6 Å². The predicted molar refractivity (Wildman–Crippen MR) is 98.6 cm³/mol. The van der Waals surface area contributed by atoms with Crippen LogP contribution in [-0.4, -0.2) is 67.7 Å². The van der Waals surface area contributed by atoms with Crippen molar-refractivity contribution >= 4 is 29.5 Å². The predicted octanol–water partition coefficient (Wildman–Crippen LogP) is 1.26. The summed E-state index contributed by atoms with van der Waals surface area (Å²) < 4.78 is 41.3. The zero-order chi connectivity index (χ0) is 22.3. The topological polar surface area (TPSA) is 117 Å². The average molecular weight is 430 g/mol. The highest BCUT2D eigenvalue weighted by Crippen LogP contribution is 2.20. The number of ether oxygens (including phenoxy) is 1. The molecule has 1 atom stereocenters. The van der Waals surface area contributed by atoms with Crippen molar-refractivity contribution in [2.75, 3.05) is 32.1 Å². The zero-order valence-corrected chi connectivity index (χ0v) is 16.0. The number of hydrogen-bond donors (Lipinski definition) is 3. The third-order valence-corrected chi connectivity index (χ3v) is 4.30. The number of nitrogens with zero attached hydrogens (tertiary/aromatic N) is 1. The highest BCUT2D eigenvalue weighted by molar-refractivity contribution is 5.97. The van der Waals surface area contributed by atoms with Crippen molar-refractivity contribution < 1.29 is 37.1 Å². The Morgan fingerprint density at radius 1 is 1.13 bits per heavy atom. The fourth-order valence-corrected chi connectivity index (χ4v) is 2.81. The SMILES string of the molecule is COC(=O)CNC(=O)c1ccc(NC(=O)N2CCCC2C(=O)NCC(F)(F)F)cc1. The number of anilines is 1. The van der Waals surface area contributed by atoms with Crippen LogP contribution in [0, 0.1) is 0 Å². The summed E-state index contributed by atoms with van der Waals surface area (Å²) in [7, 11) is 1.19. The number of benzene rings is 1. The molecule has 0 radical (unpaired) electrons. The molecule has 3 N–H and O–H groups in total. The van der Waals surface area contributed by atoms with Crippen LogP contribution in [0.5, 0.6) is 0 Å². The van der Waals surface area contributed by atoms with Gasteiger partial charge in [0, 0.05) is 17.8 Å². The van der Waals surface area contributed by atoms with Crippen molar-refractivity contribution in [1.29, 1.82) is 0 Å². The van der Waals surface area contributed by atoms with Gasteiger partial charge in [-0.1, -0.05) is 0 Å². The van der Waals surface area contributed by atoms with E-state index in [1.807, 2.05) is 0 Å². The number of rotatable bonds is 6. The molecule has 164 valence electrons. The van der Waals surface area contributed by atoms with E-state index >= 15 is 0 Å². The van der Waals surface area contributed by atoms with E-state index in [-0.39, 0.29) is 25.1 Å². The molecule has 1 heterocycles. The van der Waals surface area contributed by atoms with Gasteiger partial charge in [-0.25, -0.2) is 4.79 Å². The summed E-state index contributed by atoms with van der Waals surface area (Å²) in [5.74, 6) is -1.98. The fourth-order valence-electron chi connectivity index (χ4n) is 2.81. The maximum atomic E-state index is 12.4. The third-order valence-electron chi connectivity index (χ3n) is 4.30. The Labute approximate surface area is 169 Å². The summed E-state index contributed by atoms with van der Waals surface area (Å²) in [6.45, 7) is -1.53. The fraction of sp³-hybridized carbons (Fsp3) is 0.444. The van der Waals surface area contributed by atoms with E-state index in [1.54, 1.807) is 5.32 Å². The molecule has 0 saturated carbocycles. The number of nitrogens with one attached hydrogen (secondary N) is 3. The van der Waals surface area contributed by atoms with Crippen molar-refractivity contribution in [2.45, 2.75) is 25.1 Å². The van der Waals surface area contributed by atoms with Crippen LogP contribution < -0.4 is 16.0 Å². The van der Waals surface area contributed by atoms with E-state index < -0.39 is 42.6 Å². The molecular formula is C18H21F3N4O5. The van der Waals surface area contributed by atoms with E-state index in [2.05, 4.69) is 15.4 Å². The molecule has 1 unspecified atom stereocenters. The van der Waals surface area contributed by atoms with Crippen molar-refractivity contribution in [3.8, 4) is 0 Å². The zero-order valence-electron chi connectivity index (χ0n) is 16.0. The average Bonchev–Trinajstić information content (AvgIpc) is 3.20. The normalized spacial score (nSPS) is 16.0. The monoisotopic (exact) mass is 430 g/mol. The second kappa shape index (κ2) is 9.94. The molecule has 1 saturated heterocycles. The van der Waals surface area contributed by atoms with E-state index in [1.165, 1.54) is 36.3 Å². The molecule has 1 aliphatic heterocycles. The number of urea groups is 1. The molecule has 2 rings (SSSR count). The highest BCUT2D eigenvalue weighted by atomic mass is 19.4. The van der Waals surface area contributed by atoms with Crippen LogP contribution in [0.3, 0.4) is 0 Å². The number of likely N-dealkylation sites (tertiary alicyclic amines) is 1. The lowest BCUT2D eigenvalue weighted by atomic mass is 10.2. The van der Waals surface area contributed by atoms with Gasteiger partial charge >= 0.3 is 18.2 Å². The number of methoxy groups -OCH3 is 1. The maximum absolute atomic E-state index is 12.4. The first-order valence-electron chi connectivity index (χ1n) is 8.98. The number of carbonyl (C=O) groups is 4. The minimum atomic E-state index is -4.54. The minimum absolute atomic E-state index is 0.226. The minimum Gasteiger partial charge on any atom is -0.468 e. The Kier molecular flexibility index (Phi) is 7.61. The molecule has 1 aliphatic rings. The summed E-state index contributed by atoms with van der Waals surface area (Å²) in [5, 5.41) is 6.70. The van der Waals surface area contributed by atoms with E-state index in [4.69, 9.17) is 0 Å². The molecule has 1 fully saturated rings. The Morgan fingerprint density at radius 2 is 1.80 bits per heavy atom. The maximum Gasteiger partial charge on any atom is 0.405 e. The van der Waals surface area contributed by atoms with Crippen LogP contribution in [-0.2, 0) is 14.3 Å². The van der Waals surface area contributed by atoms with Gasteiger partial charge in [-0.3, -0.25) is 14.4 Å². The smallest absolute Gasteiger partial charge is 0.405 e. The van der Waals surface area contributed by atoms with Gasteiger partial charge in [0.2, 0.25) is 5.91 Å². The van der Waals surface area contributed by atoms with Crippen LogP contribution in [0.4, 0.5) is 23.7 Å². The number of amides is 4. The van der Waals surface area contributed by atoms with Gasteiger partial charge in [-0.15, -0.1) is 0 Å². The lowest BCUT2D eigenvalue weighted by Crippen LogP contribution is -2.49. The van der Waals surface area contributed by atoms with E-state index in [0.717, 1.165) is 0 Å². The summed E-state index contributed by atoms with van der Waals surface area (Å²) in [6, 6.07) is 4.09. The number of alkyl halides is 3. The molecule has 0 bridgehead atoms. The quantitative estimate of drug-likeness (QED) is 0.588. The standard InChI is InChI=1S/C18H21F3N4O5/c1-30-14(26)9-22-15(27)11-4-6-12(7-5-11)24-17(29)25-8-2-3-13(25)16(28)23-10-18(19,20)21/h4-7,13H,2-3,8-10H2,1H3,(H,22,27)(H,23,28)(H,24,29). The first kappa shape index (κ1) is 23.0. The summed E-state index contributed by atoms with van der Waals surface area (Å²) >= 11 is 0. The van der Waals surface area contributed by atoms with E-state index in [0.29, 0.717) is 12.1 Å². The molecule has 9 nitrogen and oxygen atoms in total. The van der Waals surface area contributed by atoms with Gasteiger partial charge in [-0.05, 0) is 37.1 Å². The van der Waals surface area contributed by atoms with Crippen LogP contribution in [0.1, 0.15) is 23.2 Å². The molecule has 12 heteroatoms. The molecule has 1 aromatic carbocycles. The number of hydrogen-bond acceptors (Lipinski definition) is 5. The number of esters is 1. The van der Waals surface area contributed by atoms with Gasteiger partial charge in [-0.2, -0.15) is 13.2 Å². The molecule has 1 aromatic rings. The Bertz CT molecular complexity index is 798. The van der Waals surface area contributed by atoms with Crippen molar-refractivity contribution in [3.63, 3.8) is 0 Å². The molecule has 30 heavy (non-hydrogen) atoms. The van der Waals surface area contributed by atoms with Gasteiger partial charge in [0.15, 0.2) is 0 Å². The van der Waals surface area contributed by atoms with Crippen LogP contribution in [0.2, 0.25) is 0 Å². The van der Waals surface area contributed by atoms with Crippen molar-refractivity contribution in [2.24, 2.45) is 0 Å². The second-order valence-corrected chi connectivity index (χ2v) is 6.45. The summed E-state index contributed by atoms with van der Waals surface area (Å²) in [5.41, 5.74) is 0.563. The molecule has 0 spiro atoms.